The maximum atomic E-state index is 11.8. The number of ether oxygens (including phenoxy) is 2. The van der Waals surface area contributed by atoms with E-state index in [1.807, 2.05) is 6.07 Å². The average molecular weight is 277 g/mol. The van der Waals surface area contributed by atoms with Gasteiger partial charge in [0.2, 0.25) is 0 Å². The first-order valence-corrected chi connectivity index (χ1v) is 6.31. The van der Waals surface area contributed by atoms with Crippen LogP contribution in [-0.4, -0.2) is 32.3 Å². The number of methoxy groups -OCH3 is 1. The lowest BCUT2D eigenvalue weighted by Gasteiger charge is -2.15. The molecule has 6 heteroatoms. The minimum absolute atomic E-state index is 0.234. The third kappa shape index (κ3) is 4.78. The first-order chi connectivity index (χ1) is 9.58. The Bertz CT molecular complexity index is 497. The van der Waals surface area contributed by atoms with Gasteiger partial charge in [-0.25, -0.2) is 0 Å². The Morgan fingerprint density at radius 2 is 2.30 bits per heavy atom. The Hall–Kier alpha value is -2.26. The van der Waals surface area contributed by atoms with E-state index in [-0.39, 0.29) is 5.91 Å². The van der Waals surface area contributed by atoms with Gasteiger partial charge in [0.05, 0.1) is 5.56 Å². The SMILES string of the molecule is COCCCNC(=O)C(C)Oc1ccc(N)cc1C#N. The number of amides is 1. The molecule has 1 amide bonds. The van der Waals surface area contributed by atoms with Crippen molar-refractivity contribution in [3.63, 3.8) is 0 Å². The number of carbonyl (C=O) groups excluding carboxylic acids is 1. The van der Waals surface area contributed by atoms with Gasteiger partial charge in [0.1, 0.15) is 11.8 Å². The maximum absolute atomic E-state index is 11.8. The van der Waals surface area contributed by atoms with Crippen LogP contribution in [0.2, 0.25) is 0 Å². The van der Waals surface area contributed by atoms with E-state index in [0.29, 0.717) is 30.2 Å². The molecule has 1 atom stereocenters. The molecule has 0 fully saturated rings. The van der Waals surface area contributed by atoms with Gasteiger partial charge in [0, 0.05) is 25.9 Å². The Morgan fingerprint density at radius 3 is 2.95 bits per heavy atom. The van der Waals surface area contributed by atoms with Gasteiger partial charge in [-0.15, -0.1) is 0 Å². The number of nitrogens with zero attached hydrogens (tertiary/aromatic N) is 1. The molecular weight excluding hydrogens is 258 g/mol. The Balaban J connectivity index is 2.55. The monoisotopic (exact) mass is 277 g/mol. The number of hydrogen-bond donors (Lipinski definition) is 2. The third-order valence-corrected chi connectivity index (χ3v) is 2.62. The average Bonchev–Trinajstić information content (AvgIpc) is 2.45. The van der Waals surface area contributed by atoms with Crippen molar-refractivity contribution in [2.24, 2.45) is 0 Å². The number of nitriles is 1. The van der Waals surface area contributed by atoms with Gasteiger partial charge in [0.15, 0.2) is 6.10 Å². The zero-order chi connectivity index (χ0) is 15.0. The van der Waals surface area contributed by atoms with Crippen molar-refractivity contribution in [3.8, 4) is 11.8 Å². The number of nitrogen functional groups attached to an aromatic ring is 1. The minimum atomic E-state index is -0.687. The highest BCUT2D eigenvalue weighted by molar-refractivity contribution is 5.80. The van der Waals surface area contributed by atoms with Crippen molar-refractivity contribution < 1.29 is 14.3 Å². The lowest BCUT2D eigenvalue weighted by atomic mass is 10.2. The fourth-order valence-electron chi connectivity index (χ4n) is 1.55. The smallest absolute Gasteiger partial charge is 0.260 e. The van der Waals surface area contributed by atoms with Crippen LogP contribution in [0.4, 0.5) is 5.69 Å². The fourth-order valence-corrected chi connectivity index (χ4v) is 1.55. The summed E-state index contributed by atoms with van der Waals surface area (Å²) in [4.78, 5) is 11.8. The van der Waals surface area contributed by atoms with Gasteiger partial charge in [-0.05, 0) is 31.5 Å². The number of rotatable bonds is 7. The summed E-state index contributed by atoms with van der Waals surface area (Å²) in [6.07, 6.45) is 0.0496. The summed E-state index contributed by atoms with van der Waals surface area (Å²) in [5, 5.41) is 11.7. The normalized spacial score (nSPS) is 11.4. The quantitative estimate of drug-likeness (QED) is 0.573. The highest BCUT2D eigenvalue weighted by atomic mass is 16.5. The molecule has 0 aliphatic carbocycles. The standard InChI is InChI=1S/C14H19N3O3/c1-10(14(18)17-6-3-7-19-2)20-13-5-4-12(16)8-11(13)9-15/h4-5,8,10H,3,6-7,16H2,1-2H3,(H,17,18). The number of carbonyl (C=O) groups is 1. The number of hydrogen-bond acceptors (Lipinski definition) is 5. The van der Waals surface area contributed by atoms with Crippen molar-refractivity contribution in [1.82, 2.24) is 5.32 Å². The molecule has 0 saturated heterocycles. The molecule has 0 radical (unpaired) electrons. The molecule has 0 bridgehead atoms. The van der Waals surface area contributed by atoms with Crippen LogP contribution in [0.25, 0.3) is 0 Å². The molecule has 20 heavy (non-hydrogen) atoms. The van der Waals surface area contributed by atoms with E-state index in [2.05, 4.69) is 5.32 Å². The van der Waals surface area contributed by atoms with Crippen LogP contribution >= 0.6 is 0 Å². The van der Waals surface area contributed by atoms with Crippen molar-refractivity contribution >= 4 is 11.6 Å². The van der Waals surface area contributed by atoms with Crippen LogP contribution in [0, 0.1) is 11.3 Å². The third-order valence-electron chi connectivity index (χ3n) is 2.62. The first-order valence-electron chi connectivity index (χ1n) is 6.31. The van der Waals surface area contributed by atoms with E-state index in [4.69, 9.17) is 20.5 Å². The zero-order valence-electron chi connectivity index (χ0n) is 11.7. The predicted molar refractivity (Wildman–Crippen MR) is 75.2 cm³/mol. The summed E-state index contributed by atoms with van der Waals surface area (Å²) in [6.45, 7) is 2.74. The first kappa shape index (κ1) is 15.8. The lowest BCUT2D eigenvalue weighted by Crippen LogP contribution is -2.37. The highest BCUT2D eigenvalue weighted by Gasteiger charge is 2.16. The van der Waals surface area contributed by atoms with Gasteiger partial charge >= 0.3 is 0 Å². The van der Waals surface area contributed by atoms with E-state index >= 15 is 0 Å². The molecule has 3 N–H and O–H groups in total. The van der Waals surface area contributed by atoms with Gasteiger partial charge in [-0.3, -0.25) is 4.79 Å². The summed E-state index contributed by atoms with van der Waals surface area (Å²) < 4.78 is 10.4. The van der Waals surface area contributed by atoms with Crippen LogP contribution in [0.5, 0.6) is 5.75 Å². The van der Waals surface area contributed by atoms with Crippen LogP contribution < -0.4 is 15.8 Å². The van der Waals surface area contributed by atoms with Crippen molar-refractivity contribution in [3.05, 3.63) is 23.8 Å². The fraction of sp³-hybridized carbons (Fsp3) is 0.429. The molecule has 108 valence electrons. The molecule has 0 heterocycles. The summed E-state index contributed by atoms with van der Waals surface area (Å²) in [7, 11) is 1.61. The Kier molecular flexibility index (Phi) is 6.33. The molecule has 1 aromatic carbocycles. The van der Waals surface area contributed by atoms with E-state index < -0.39 is 6.10 Å². The lowest BCUT2D eigenvalue weighted by molar-refractivity contribution is -0.127. The molecule has 0 spiro atoms. The molecule has 1 unspecified atom stereocenters. The van der Waals surface area contributed by atoms with Crippen molar-refractivity contribution in [1.29, 1.82) is 5.26 Å². The van der Waals surface area contributed by atoms with E-state index in [0.717, 1.165) is 6.42 Å². The number of nitrogens with one attached hydrogen (secondary N) is 1. The minimum Gasteiger partial charge on any atom is -0.480 e. The van der Waals surface area contributed by atoms with Gasteiger partial charge in [0.25, 0.3) is 5.91 Å². The second-order valence-corrected chi connectivity index (χ2v) is 4.26. The molecule has 1 rings (SSSR count). The highest BCUT2D eigenvalue weighted by Crippen LogP contribution is 2.21. The number of anilines is 1. The summed E-state index contributed by atoms with van der Waals surface area (Å²) in [6, 6.07) is 6.71. The van der Waals surface area contributed by atoms with Gasteiger partial charge in [-0.2, -0.15) is 5.26 Å². The second-order valence-electron chi connectivity index (χ2n) is 4.26. The van der Waals surface area contributed by atoms with Crippen LogP contribution in [-0.2, 0) is 9.53 Å². The molecule has 6 nitrogen and oxygen atoms in total. The zero-order valence-corrected chi connectivity index (χ0v) is 11.7. The summed E-state index contributed by atoms with van der Waals surface area (Å²) in [5.74, 6) is 0.114. The van der Waals surface area contributed by atoms with Gasteiger partial charge < -0.3 is 20.5 Å². The van der Waals surface area contributed by atoms with Crippen LogP contribution in [0.15, 0.2) is 18.2 Å². The summed E-state index contributed by atoms with van der Waals surface area (Å²) in [5.41, 5.74) is 6.38. The molecule has 0 aliphatic heterocycles. The molecular formula is C14H19N3O3. The second kappa shape index (κ2) is 8.02. The maximum Gasteiger partial charge on any atom is 0.260 e. The summed E-state index contributed by atoms with van der Waals surface area (Å²) >= 11 is 0. The number of benzene rings is 1. The predicted octanol–water partition coefficient (Wildman–Crippen LogP) is 1.06. The van der Waals surface area contributed by atoms with E-state index in [1.165, 1.54) is 6.07 Å². The van der Waals surface area contributed by atoms with Crippen molar-refractivity contribution in [2.45, 2.75) is 19.4 Å². The van der Waals surface area contributed by atoms with Crippen molar-refractivity contribution in [2.75, 3.05) is 26.0 Å². The van der Waals surface area contributed by atoms with Crippen LogP contribution in [0.3, 0.4) is 0 Å². The largest absolute Gasteiger partial charge is 0.480 e. The molecule has 1 aromatic rings. The molecule has 0 aliphatic rings. The molecule has 0 aromatic heterocycles. The van der Waals surface area contributed by atoms with Gasteiger partial charge in [-0.1, -0.05) is 0 Å². The Labute approximate surface area is 118 Å². The topological polar surface area (TPSA) is 97.4 Å². The van der Waals surface area contributed by atoms with E-state index in [9.17, 15) is 4.79 Å². The Morgan fingerprint density at radius 1 is 1.55 bits per heavy atom. The molecule has 0 saturated carbocycles. The van der Waals surface area contributed by atoms with Crippen LogP contribution in [0.1, 0.15) is 18.9 Å². The van der Waals surface area contributed by atoms with E-state index in [1.54, 1.807) is 26.2 Å². The number of nitrogens with two attached hydrogens (primary N) is 1.